The van der Waals surface area contributed by atoms with Gasteiger partial charge in [-0.25, -0.2) is 4.98 Å². The number of aryl methyl sites for hydroxylation is 1. The van der Waals surface area contributed by atoms with Gasteiger partial charge in [0.05, 0.1) is 11.4 Å². The minimum Gasteiger partial charge on any atom is -0.459 e. The number of thiazole rings is 1. The molecular formula is C16H14N2O3S2. The van der Waals surface area contributed by atoms with Crippen LogP contribution < -0.4 is 5.56 Å². The molecule has 118 valence electrons. The molecule has 5 nitrogen and oxygen atoms in total. The highest BCUT2D eigenvalue weighted by atomic mass is 32.2. The summed E-state index contributed by atoms with van der Waals surface area (Å²) < 4.78 is 6.65. The van der Waals surface area contributed by atoms with Crippen LogP contribution >= 0.6 is 23.1 Å². The number of thioether (sulfide) groups is 1. The van der Waals surface area contributed by atoms with Gasteiger partial charge in [-0.15, -0.1) is 23.1 Å². The van der Waals surface area contributed by atoms with E-state index in [1.54, 1.807) is 11.6 Å². The number of carbonyl (C=O) groups is 1. The number of hydrogen-bond acceptors (Lipinski definition) is 6. The zero-order valence-electron chi connectivity index (χ0n) is 12.4. The highest BCUT2D eigenvalue weighted by molar-refractivity contribution is 8.00. The number of ether oxygens (including phenoxy) is 1. The van der Waals surface area contributed by atoms with Crippen molar-refractivity contribution in [2.45, 2.75) is 18.4 Å². The van der Waals surface area contributed by atoms with Gasteiger partial charge in [-0.2, -0.15) is 0 Å². The lowest BCUT2D eigenvalue weighted by Crippen LogP contribution is -2.15. The first-order valence-electron chi connectivity index (χ1n) is 6.93. The molecule has 0 atom stereocenters. The molecule has 0 aliphatic carbocycles. The molecule has 0 saturated heterocycles. The second-order valence-electron chi connectivity index (χ2n) is 4.90. The van der Waals surface area contributed by atoms with Gasteiger partial charge in [0.25, 0.3) is 5.56 Å². The predicted molar refractivity (Wildman–Crippen MR) is 91.0 cm³/mol. The van der Waals surface area contributed by atoms with Gasteiger partial charge < -0.3 is 4.74 Å². The van der Waals surface area contributed by atoms with E-state index >= 15 is 0 Å². The van der Waals surface area contributed by atoms with Crippen molar-refractivity contribution in [3.63, 3.8) is 0 Å². The Kier molecular flexibility index (Phi) is 4.78. The Bertz CT molecular complexity index is 884. The molecule has 0 aliphatic rings. The standard InChI is InChI=1S/C16H14N2O3S2/c1-11-2-4-13(5-3-11)23-10-15(20)21-9-12-8-14(19)18-6-7-22-16(18)17-12/h2-8H,9-10H2,1H3. The molecule has 0 saturated carbocycles. The number of nitrogens with zero attached hydrogens (tertiary/aromatic N) is 2. The Morgan fingerprint density at radius 2 is 2.13 bits per heavy atom. The first-order valence-corrected chi connectivity index (χ1v) is 8.79. The van der Waals surface area contributed by atoms with E-state index in [0.29, 0.717) is 10.7 Å². The number of esters is 1. The Labute approximate surface area is 140 Å². The summed E-state index contributed by atoms with van der Waals surface area (Å²) >= 11 is 2.79. The molecule has 0 fully saturated rings. The van der Waals surface area contributed by atoms with Gasteiger partial charge in [0, 0.05) is 22.5 Å². The van der Waals surface area contributed by atoms with Crippen molar-refractivity contribution in [3.05, 3.63) is 63.5 Å². The van der Waals surface area contributed by atoms with Crippen molar-refractivity contribution in [1.29, 1.82) is 0 Å². The van der Waals surface area contributed by atoms with Crippen LogP contribution in [0, 0.1) is 6.92 Å². The van der Waals surface area contributed by atoms with Crippen LogP contribution in [0.5, 0.6) is 0 Å². The zero-order chi connectivity index (χ0) is 16.2. The van der Waals surface area contributed by atoms with E-state index in [2.05, 4.69) is 4.98 Å². The van der Waals surface area contributed by atoms with Crippen LogP contribution in [-0.2, 0) is 16.1 Å². The van der Waals surface area contributed by atoms with E-state index in [-0.39, 0.29) is 23.9 Å². The lowest BCUT2D eigenvalue weighted by molar-refractivity contribution is -0.141. The minimum absolute atomic E-state index is 0.0108. The lowest BCUT2D eigenvalue weighted by atomic mass is 10.2. The number of carbonyl (C=O) groups excluding carboxylic acids is 1. The van der Waals surface area contributed by atoms with E-state index in [1.807, 2.05) is 31.2 Å². The molecule has 2 heterocycles. The SMILES string of the molecule is Cc1ccc(SCC(=O)OCc2cc(=O)n3ccsc3n2)cc1. The molecule has 0 radical (unpaired) electrons. The Morgan fingerprint density at radius 3 is 2.91 bits per heavy atom. The van der Waals surface area contributed by atoms with E-state index < -0.39 is 0 Å². The van der Waals surface area contributed by atoms with Crippen LogP contribution in [0.3, 0.4) is 0 Å². The number of hydrogen-bond donors (Lipinski definition) is 0. The van der Waals surface area contributed by atoms with Gasteiger partial charge in [0.1, 0.15) is 6.61 Å². The molecular weight excluding hydrogens is 332 g/mol. The van der Waals surface area contributed by atoms with Gasteiger partial charge in [-0.1, -0.05) is 17.7 Å². The number of fused-ring (bicyclic) bond motifs is 1. The summed E-state index contributed by atoms with van der Waals surface area (Å²) in [4.78, 5) is 29.5. The molecule has 3 rings (SSSR count). The summed E-state index contributed by atoms with van der Waals surface area (Å²) in [6.45, 7) is 2.03. The van der Waals surface area contributed by atoms with Crippen LogP contribution in [0.15, 0.2) is 51.6 Å². The molecule has 0 unspecified atom stereocenters. The molecule has 0 amide bonds. The van der Waals surface area contributed by atoms with Gasteiger partial charge in [-0.05, 0) is 19.1 Å². The van der Waals surface area contributed by atoms with Crippen molar-refractivity contribution < 1.29 is 9.53 Å². The minimum atomic E-state index is -0.330. The van der Waals surface area contributed by atoms with Crippen LogP contribution in [0.25, 0.3) is 4.96 Å². The topological polar surface area (TPSA) is 60.7 Å². The van der Waals surface area contributed by atoms with Crippen molar-refractivity contribution >= 4 is 34.0 Å². The third kappa shape index (κ3) is 4.00. The Morgan fingerprint density at radius 1 is 1.35 bits per heavy atom. The number of rotatable bonds is 5. The third-order valence-corrected chi connectivity index (χ3v) is 4.86. The fraction of sp³-hybridized carbons (Fsp3) is 0.188. The average molecular weight is 346 g/mol. The first kappa shape index (κ1) is 15.8. The van der Waals surface area contributed by atoms with Gasteiger partial charge in [0.2, 0.25) is 0 Å². The summed E-state index contributed by atoms with van der Waals surface area (Å²) in [5, 5.41) is 1.79. The lowest BCUT2D eigenvalue weighted by Gasteiger charge is -2.05. The predicted octanol–water partition coefficient (Wildman–Crippen LogP) is 2.90. The molecule has 0 N–H and O–H groups in total. The van der Waals surface area contributed by atoms with Crippen LogP contribution in [0.4, 0.5) is 0 Å². The van der Waals surface area contributed by atoms with Gasteiger partial charge in [0.15, 0.2) is 4.96 Å². The molecule has 23 heavy (non-hydrogen) atoms. The van der Waals surface area contributed by atoms with Crippen LogP contribution in [0.2, 0.25) is 0 Å². The van der Waals surface area contributed by atoms with Crippen molar-refractivity contribution in [1.82, 2.24) is 9.38 Å². The fourth-order valence-electron chi connectivity index (χ4n) is 1.93. The maximum Gasteiger partial charge on any atom is 0.316 e. The average Bonchev–Trinajstić information content (AvgIpc) is 3.01. The maximum atomic E-state index is 11.8. The summed E-state index contributed by atoms with van der Waals surface area (Å²) in [5.74, 6) is -0.104. The van der Waals surface area contributed by atoms with Crippen LogP contribution in [0.1, 0.15) is 11.3 Å². The molecule has 2 aromatic heterocycles. The Hall–Kier alpha value is -2.12. The summed E-state index contributed by atoms with van der Waals surface area (Å²) in [6.07, 6.45) is 1.67. The molecule has 0 spiro atoms. The molecule has 7 heteroatoms. The van der Waals surface area contributed by atoms with Gasteiger partial charge in [-0.3, -0.25) is 14.0 Å². The van der Waals surface area contributed by atoms with E-state index in [0.717, 1.165) is 4.90 Å². The van der Waals surface area contributed by atoms with E-state index in [4.69, 9.17) is 4.74 Å². The largest absolute Gasteiger partial charge is 0.459 e. The fourth-order valence-corrected chi connectivity index (χ4v) is 3.37. The second-order valence-corrected chi connectivity index (χ2v) is 6.83. The Balaban J connectivity index is 1.55. The summed E-state index contributed by atoms with van der Waals surface area (Å²) in [5.41, 5.74) is 1.47. The second kappa shape index (κ2) is 6.97. The zero-order valence-corrected chi connectivity index (χ0v) is 14.0. The van der Waals surface area contributed by atoms with E-state index in [1.165, 1.54) is 39.1 Å². The molecule has 0 bridgehead atoms. The monoisotopic (exact) mass is 346 g/mol. The summed E-state index contributed by atoms with van der Waals surface area (Å²) in [6, 6.07) is 9.34. The molecule has 3 aromatic rings. The van der Waals surface area contributed by atoms with Crippen molar-refractivity contribution in [2.24, 2.45) is 0 Å². The number of aromatic nitrogens is 2. The highest BCUT2D eigenvalue weighted by Gasteiger charge is 2.08. The molecule has 0 aliphatic heterocycles. The van der Waals surface area contributed by atoms with Crippen molar-refractivity contribution in [3.8, 4) is 0 Å². The highest BCUT2D eigenvalue weighted by Crippen LogP contribution is 2.18. The first-order chi connectivity index (χ1) is 11.1. The normalized spacial score (nSPS) is 10.8. The maximum absolute atomic E-state index is 11.8. The van der Waals surface area contributed by atoms with Gasteiger partial charge >= 0.3 is 5.97 Å². The van der Waals surface area contributed by atoms with Crippen molar-refractivity contribution in [2.75, 3.05) is 5.75 Å². The van der Waals surface area contributed by atoms with E-state index in [9.17, 15) is 9.59 Å². The smallest absolute Gasteiger partial charge is 0.316 e. The summed E-state index contributed by atoms with van der Waals surface area (Å²) in [7, 11) is 0. The van der Waals surface area contributed by atoms with Crippen LogP contribution in [-0.4, -0.2) is 21.1 Å². The quantitative estimate of drug-likeness (QED) is 0.525. The molecule has 1 aromatic carbocycles. The third-order valence-electron chi connectivity index (χ3n) is 3.11. The number of benzene rings is 1.